The molecule has 0 aliphatic rings. The lowest BCUT2D eigenvalue weighted by Crippen LogP contribution is -2.04. The molecule has 2 aromatic heterocycles. The van der Waals surface area contributed by atoms with Crippen molar-refractivity contribution in [3.8, 4) is 11.3 Å². The highest BCUT2D eigenvalue weighted by atomic mass is 32.1. The Balaban J connectivity index is 2.21. The maximum Gasteiger partial charge on any atom is 0.241 e. The number of carbonyl (C=O) groups is 1. The van der Waals surface area contributed by atoms with E-state index in [1.165, 1.54) is 6.08 Å². The summed E-state index contributed by atoms with van der Waals surface area (Å²) in [5.74, 6) is 0.929. The van der Waals surface area contributed by atoms with Gasteiger partial charge < -0.3 is 10.2 Å². The van der Waals surface area contributed by atoms with Crippen LogP contribution in [-0.2, 0) is 4.79 Å². The van der Waals surface area contributed by atoms with Crippen molar-refractivity contribution in [2.24, 2.45) is 5.73 Å². The zero-order chi connectivity index (χ0) is 10.7. The lowest BCUT2D eigenvalue weighted by Gasteiger charge is -1.89. The third kappa shape index (κ3) is 2.35. The average Bonchev–Trinajstić information content (AvgIpc) is 2.85. The summed E-state index contributed by atoms with van der Waals surface area (Å²) < 4.78 is 5.49. The minimum atomic E-state index is -0.483. The van der Waals surface area contributed by atoms with Crippen LogP contribution in [-0.4, -0.2) is 5.91 Å². The summed E-state index contributed by atoms with van der Waals surface area (Å²) in [6.07, 6.45) is 2.83. The Labute approximate surface area is 90.8 Å². The largest absolute Gasteiger partial charge is 0.457 e. The molecule has 2 heterocycles. The minimum Gasteiger partial charge on any atom is -0.457 e. The molecule has 0 saturated carbocycles. The second-order valence-corrected chi connectivity index (χ2v) is 3.73. The summed E-state index contributed by atoms with van der Waals surface area (Å²) in [6, 6.07) is 5.64. The molecule has 0 saturated heterocycles. The molecule has 4 heteroatoms. The van der Waals surface area contributed by atoms with E-state index in [4.69, 9.17) is 10.2 Å². The molecule has 0 radical (unpaired) electrons. The summed E-state index contributed by atoms with van der Waals surface area (Å²) in [7, 11) is 0. The molecule has 0 atom stereocenters. The monoisotopic (exact) mass is 219 g/mol. The third-order valence-corrected chi connectivity index (χ3v) is 2.53. The minimum absolute atomic E-state index is 0.483. The van der Waals surface area contributed by atoms with Gasteiger partial charge in [0, 0.05) is 17.0 Å². The van der Waals surface area contributed by atoms with Crippen molar-refractivity contribution < 1.29 is 9.21 Å². The fourth-order valence-electron chi connectivity index (χ4n) is 1.17. The molecule has 0 aromatic carbocycles. The van der Waals surface area contributed by atoms with Crippen molar-refractivity contribution in [3.05, 3.63) is 40.8 Å². The first kappa shape index (κ1) is 9.73. The van der Waals surface area contributed by atoms with Crippen LogP contribution in [0.15, 0.2) is 39.5 Å². The third-order valence-electron chi connectivity index (χ3n) is 1.84. The van der Waals surface area contributed by atoms with E-state index in [0.717, 1.165) is 11.3 Å². The summed E-state index contributed by atoms with van der Waals surface area (Å²) in [5, 5.41) is 3.98. The number of amides is 1. The Morgan fingerprint density at radius 3 is 2.93 bits per heavy atom. The molecule has 0 fully saturated rings. The molecule has 2 rings (SSSR count). The van der Waals surface area contributed by atoms with Gasteiger partial charge in [-0.05, 0) is 29.7 Å². The molecule has 76 valence electrons. The van der Waals surface area contributed by atoms with E-state index in [2.05, 4.69) is 0 Å². The number of furan rings is 1. The van der Waals surface area contributed by atoms with Crippen LogP contribution >= 0.6 is 11.3 Å². The molecule has 2 N–H and O–H groups in total. The summed E-state index contributed by atoms with van der Waals surface area (Å²) in [5.41, 5.74) is 6.02. The fraction of sp³-hybridized carbons (Fsp3) is 0. The summed E-state index contributed by atoms with van der Waals surface area (Å²) in [4.78, 5) is 10.5. The van der Waals surface area contributed by atoms with E-state index in [-0.39, 0.29) is 0 Å². The average molecular weight is 219 g/mol. The quantitative estimate of drug-likeness (QED) is 0.806. The molecule has 0 unspecified atom stereocenters. The van der Waals surface area contributed by atoms with Gasteiger partial charge in [0.25, 0.3) is 0 Å². The fourth-order valence-corrected chi connectivity index (χ4v) is 1.81. The van der Waals surface area contributed by atoms with Gasteiger partial charge in [0.1, 0.15) is 11.5 Å². The topological polar surface area (TPSA) is 56.2 Å². The standard InChI is InChI=1S/C11H9NO2S/c12-11(13)4-2-9-1-3-10(14-9)8-5-6-15-7-8/h1-7H,(H2,12,13)/b4-2-. The van der Waals surface area contributed by atoms with Gasteiger partial charge in [-0.3, -0.25) is 4.79 Å². The van der Waals surface area contributed by atoms with Crippen LogP contribution in [0.4, 0.5) is 0 Å². The number of primary amides is 1. The molecule has 0 aliphatic carbocycles. The number of hydrogen-bond acceptors (Lipinski definition) is 3. The number of hydrogen-bond donors (Lipinski definition) is 1. The van der Waals surface area contributed by atoms with Crippen molar-refractivity contribution in [2.45, 2.75) is 0 Å². The maximum atomic E-state index is 10.5. The van der Waals surface area contributed by atoms with Crippen molar-refractivity contribution in [1.29, 1.82) is 0 Å². The first-order chi connectivity index (χ1) is 7.25. The molecule has 0 spiro atoms. The van der Waals surface area contributed by atoms with Crippen LogP contribution in [0.25, 0.3) is 17.4 Å². The van der Waals surface area contributed by atoms with Crippen LogP contribution in [0.2, 0.25) is 0 Å². The normalized spacial score (nSPS) is 10.9. The van der Waals surface area contributed by atoms with Gasteiger partial charge in [0.2, 0.25) is 5.91 Å². The van der Waals surface area contributed by atoms with E-state index >= 15 is 0 Å². The predicted octanol–water partition coefficient (Wildman–Crippen LogP) is 2.51. The van der Waals surface area contributed by atoms with Crippen molar-refractivity contribution in [2.75, 3.05) is 0 Å². The van der Waals surface area contributed by atoms with E-state index in [1.54, 1.807) is 23.5 Å². The van der Waals surface area contributed by atoms with Crippen molar-refractivity contribution in [1.82, 2.24) is 0 Å². The maximum absolute atomic E-state index is 10.5. The summed E-state index contributed by atoms with van der Waals surface area (Å²) in [6.45, 7) is 0. The smallest absolute Gasteiger partial charge is 0.241 e. The molecule has 0 bridgehead atoms. The summed E-state index contributed by atoms with van der Waals surface area (Å²) >= 11 is 1.61. The van der Waals surface area contributed by atoms with Gasteiger partial charge >= 0.3 is 0 Å². The predicted molar refractivity (Wildman–Crippen MR) is 60.2 cm³/mol. The van der Waals surface area contributed by atoms with Crippen LogP contribution in [0.3, 0.4) is 0 Å². The molecular formula is C11H9NO2S. The Kier molecular flexibility index (Phi) is 2.69. The van der Waals surface area contributed by atoms with Crippen molar-refractivity contribution in [3.63, 3.8) is 0 Å². The highest BCUT2D eigenvalue weighted by Crippen LogP contribution is 2.24. The molecule has 2 aromatic rings. The lowest BCUT2D eigenvalue weighted by molar-refractivity contribution is -0.113. The molecule has 1 amide bonds. The lowest BCUT2D eigenvalue weighted by atomic mass is 10.3. The van der Waals surface area contributed by atoms with Crippen molar-refractivity contribution >= 4 is 23.3 Å². The van der Waals surface area contributed by atoms with Gasteiger partial charge in [-0.25, -0.2) is 0 Å². The number of nitrogens with two attached hydrogens (primary N) is 1. The van der Waals surface area contributed by atoms with Crippen LogP contribution < -0.4 is 5.73 Å². The van der Waals surface area contributed by atoms with E-state index in [1.807, 2.05) is 22.9 Å². The Bertz CT molecular complexity index is 482. The van der Waals surface area contributed by atoms with Crippen LogP contribution in [0, 0.1) is 0 Å². The second-order valence-electron chi connectivity index (χ2n) is 2.95. The van der Waals surface area contributed by atoms with Crippen LogP contribution in [0.5, 0.6) is 0 Å². The van der Waals surface area contributed by atoms with Gasteiger partial charge in [-0.2, -0.15) is 11.3 Å². The van der Waals surface area contributed by atoms with E-state index in [0.29, 0.717) is 5.76 Å². The highest BCUT2D eigenvalue weighted by molar-refractivity contribution is 7.08. The molecule has 15 heavy (non-hydrogen) atoms. The molecule has 3 nitrogen and oxygen atoms in total. The number of rotatable bonds is 3. The second kappa shape index (κ2) is 4.14. The number of carbonyl (C=O) groups excluding carboxylic acids is 1. The van der Waals surface area contributed by atoms with Gasteiger partial charge in [0.05, 0.1) is 0 Å². The zero-order valence-corrected chi connectivity index (χ0v) is 8.66. The van der Waals surface area contributed by atoms with E-state index < -0.39 is 5.91 Å². The highest BCUT2D eigenvalue weighted by Gasteiger charge is 2.02. The first-order valence-electron chi connectivity index (χ1n) is 4.35. The SMILES string of the molecule is NC(=O)/C=C\c1ccc(-c2ccsc2)o1. The van der Waals surface area contributed by atoms with E-state index in [9.17, 15) is 4.79 Å². The first-order valence-corrected chi connectivity index (χ1v) is 5.30. The Morgan fingerprint density at radius 2 is 2.27 bits per heavy atom. The van der Waals surface area contributed by atoms with Gasteiger partial charge in [-0.15, -0.1) is 0 Å². The zero-order valence-electron chi connectivity index (χ0n) is 7.84. The molecule has 0 aliphatic heterocycles. The van der Waals surface area contributed by atoms with Crippen LogP contribution in [0.1, 0.15) is 5.76 Å². The van der Waals surface area contributed by atoms with Gasteiger partial charge in [0.15, 0.2) is 0 Å². The molecular weight excluding hydrogens is 210 g/mol. The Hall–Kier alpha value is -1.81. The Morgan fingerprint density at radius 1 is 1.40 bits per heavy atom. The van der Waals surface area contributed by atoms with Gasteiger partial charge in [-0.1, -0.05) is 0 Å². The number of thiophene rings is 1.